The molecule has 1 aliphatic rings. The highest BCUT2D eigenvalue weighted by molar-refractivity contribution is 6.32. The molecule has 0 spiro atoms. The molecule has 1 aliphatic heterocycles. The van der Waals surface area contributed by atoms with Gasteiger partial charge in [-0.3, -0.25) is 0 Å². The highest BCUT2D eigenvalue weighted by Gasteiger charge is 2.26. The lowest BCUT2D eigenvalue weighted by atomic mass is 9.97. The molecule has 1 N–H and O–H groups in total. The lowest BCUT2D eigenvalue weighted by Crippen LogP contribution is -2.26. The van der Waals surface area contributed by atoms with E-state index >= 15 is 0 Å². The van der Waals surface area contributed by atoms with Gasteiger partial charge in [0.05, 0.1) is 18.2 Å². The fourth-order valence-corrected chi connectivity index (χ4v) is 2.01. The van der Waals surface area contributed by atoms with Gasteiger partial charge in [0.2, 0.25) is 0 Å². The van der Waals surface area contributed by atoms with E-state index in [1.165, 1.54) is 0 Å². The van der Waals surface area contributed by atoms with Gasteiger partial charge < -0.3 is 14.6 Å². The summed E-state index contributed by atoms with van der Waals surface area (Å²) in [6.45, 7) is 5.45. The molecular weight excluding hydrogens is 240 g/mol. The summed E-state index contributed by atoms with van der Waals surface area (Å²) < 4.78 is 11.4. The van der Waals surface area contributed by atoms with Crippen LogP contribution in [0.3, 0.4) is 0 Å². The molecule has 1 heterocycles. The fourth-order valence-electron chi connectivity index (χ4n) is 1.72. The van der Waals surface area contributed by atoms with Gasteiger partial charge >= 0.3 is 0 Å². The Bertz CT molecular complexity index is 415. The van der Waals surface area contributed by atoms with Crippen molar-refractivity contribution in [3.8, 4) is 11.5 Å². The van der Waals surface area contributed by atoms with Crippen molar-refractivity contribution in [3.63, 3.8) is 0 Å². The molecule has 0 unspecified atom stereocenters. The Morgan fingerprint density at radius 3 is 2.71 bits per heavy atom. The zero-order valence-electron chi connectivity index (χ0n) is 10.1. The third-order valence-corrected chi connectivity index (χ3v) is 2.98. The Hall–Kier alpha value is -0.930. The van der Waals surface area contributed by atoms with Crippen LogP contribution in [0.2, 0.25) is 5.02 Å². The van der Waals surface area contributed by atoms with E-state index in [1.807, 2.05) is 12.1 Å². The van der Waals surface area contributed by atoms with Crippen molar-refractivity contribution >= 4 is 11.6 Å². The highest BCUT2D eigenvalue weighted by Crippen LogP contribution is 2.40. The molecule has 0 amide bonds. The van der Waals surface area contributed by atoms with E-state index in [4.69, 9.17) is 26.2 Å². The maximum absolute atomic E-state index is 8.94. The first-order valence-corrected chi connectivity index (χ1v) is 6.08. The minimum Gasteiger partial charge on any atom is -0.489 e. The standard InChI is InChI=1S/C13H17ClO3/c1-13(2)7-16-11-6-9(3-4-15)5-10(14)12(11)17-8-13/h5-6,15H,3-4,7-8H2,1-2H3. The molecule has 0 aromatic heterocycles. The van der Waals surface area contributed by atoms with Crippen LogP contribution in [0, 0.1) is 5.41 Å². The van der Waals surface area contributed by atoms with Crippen LogP contribution in [-0.2, 0) is 6.42 Å². The average molecular weight is 257 g/mol. The summed E-state index contributed by atoms with van der Waals surface area (Å²) in [6.07, 6.45) is 0.569. The van der Waals surface area contributed by atoms with Crippen molar-refractivity contribution in [2.24, 2.45) is 5.41 Å². The largest absolute Gasteiger partial charge is 0.489 e. The number of hydrogen-bond donors (Lipinski definition) is 1. The third kappa shape index (κ3) is 2.85. The Morgan fingerprint density at radius 2 is 2.00 bits per heavy atom. The van der Waals surface area contributed by atoms with Crippen molar-refractivity contribution in [2.75, 3.05) is 19.8 Å². The van der Waals surface area contributed by atoms with Crippen LogP contribution in [0.25, 0.3) is 0 Å². The van der Waals surface area contributed by atoms with E-state index < -0.39 is 0 Å². The second kappa shape index (κ2) is 4.75. The van der Waals surface area contributed by atoms with Crippen molar-refractivity contribution in [3.05, 3.63) is 22.7 Å². The number of ether oxygens (including phenoxy) is 2. The zero-order valence-corrected chi connectivity index (χ0v) is 10.9. The van der Waals surface area contributed by atoms with Gasteiger partial charge in [0, 0.05) is 12.0 Å². The number of aliphatic hydroxyl groups excluding tert-OH is 1. The van der Waals surface area contributed by atoms with E-state index in [0.717, 1.165) is 5.56 Å². The number of hydrogen-bond acceptors (Lipinski definition) is 3. The third-order valence-electron chi connectivity index (χ3n) is 2.70. The maximum Gasteiger partial charge on any atom is 0.179 e. The summed E-state index contributed by atoms with van der Waals surface area (Å²) in [6, 6.07) is 3.71. The molecule has 94 valence electrons. The van der Waals surface area contributed by atoms with Crippen molar-refractivity contribution in [2.45, 2.75) is 20.3 Å². The minimum absolute atomic E-state index is 0.0283. The Labute approximate surface area is 106 Å². The van der Waals surface area contributed by atoms with Gasteiger partial charge in [-0.2, -0.15) is 0 Å². The second-order valence-corrected chi connectivity index (χ2v) is 5.53. The summed E-state index contributed by atoms with van der Waals surface area (Å²) in [5, 5.41) is 9.48. The SMILES string of the molecule is CC1(C)COc2cc(CCO)cc(Cl)c2OC1. The summed E-state index contributed by atoms with van der Waals surface area (Å²) in [7, 11) is 0. The maximum atomic E-state index is 8.94. The molecule has 4 heteroatoms. The highest BCUT2D eigenvalue weighted by atomic mass is 35.5. The van der Waals surface area contributed by atoms with Gasteiger partial charge in [0.25, 0.3) is 0 Å². The molecule has 0 radical (unpaired) electrons. The van der Waals surface area contributed by atoms with Crippen LogP contribution in [0.15, 0.2) is 12.1 Å². The molecule has 0 aliphatic carbocycles. The summed E-state index contributed by atoms with van der Waals surface area (Å²) in [5.41, 5.74) is 0.930. The molecule has 0 fully saturated rings. The molecule has 17 heavy (non-hydrogen) atoms. The zero-order chi connectivity index (χ0) is 12.5. The van der Waals surface area contributed by atoms with E-state index in [1.54, 1.807) is 0 Å². The molecular formula is C13H17ClO3. The van der Waals surface area contributed by atoms with E-state index in [0.29, 0.717) is 36.2 Å². The van der Waals surface area contributed by atoms with Crippen molar-refractivity contribution < 1.29 is 14.6 Å². The summed E-state index contributed by atoms with van der Waals surface area (Å²) in [4.78, 5) is 0. The van der Waals surface area contributed by atoms with Crippen LogP contribution in [0.5, 0.6) is 11.5 Å². The lowest BCUT2D eigenvalue weighted by molar-refractivity contribution is 0.140. The first-order chi connectivity index (χ1) is 8.02. The smallest absolute Gasteiger partial charge is 0.179 e. The predicted octanol–water partition coefficient (Wildman–Crippen LogP) is 2.67. The monoisotopic (exact) mass is 256 g/mol. The lowest BCUT2D eigenvalue weighted by Gasteiger charge is -2.19. The van der Waals surface area contributed by atoms with Gasteiger partial charge in [-0.1, -0.05) is 25.4 Å². The Balaban J connectivity index is 2.32. The fraction of sp³-hybridized carbons (Fsp3) is 0.538. The number of benzene rings is 1. The Kier molecular flexibility index (Phi) is 3.50. The Morgan fingerprint density at radius 1 is 1.29 bits per heavy atom. The number of rotatable bonds is 2. The van der Waals surface area contributed by atoms with Crippen LogP contribution >= 0.6 is 11.6 Å². The molecule has 0 saturated heterocycles. The quantitative estimate of drug-likeness (QED) is 0.884. The topological polar surface area (TPSA) is 38.7 Å². The molecule has 0 saturated carbocycles. The van der Waals surface area contributed by atoms with Crippen molar-refractivity contribution in [1.29, 1.82) is 0 Å². The van der Waals surface area contributed by atoms with E-state index in [9.17, 15) is 0 Å². The van der Waals surface area contributed by atoms with Gasteiger partial charge in [-0.05, 0) is 24.1 Å². The second-order valence-electron chi connectivity index (χ2n) is 5.12. The minimum atomic E-state index is -0.0283. The molecule has 2 rings (SSSR count). The summed E-state index contributed by atoms with van der Waals surface area (Å²) in [5.74, 6) is 1.28. The summed E-state index contributed by atoms with van der Waals surface area (Å²) >= 11 is 6.16. The molecule has 0 atom stereocenters. The van der Waals surface area contributed by atoms with Crippen molar-refractivity contribution in [1.82, 2.24) is 0 Å². The number of fused-ring (bicyclic) bond motifs is 1. The molecule has 3 nitrogen and oxygen atoms in total. The molecule has 1 aromatic carbocycles. The van der Waals surface area contributed by atoms with E-state index in [-0.39, 0.29) is 12.0 Å². The van der Waals surface area contributed by atoms with Gasteiger partial charge in [-0.25, -0.2) is 0 Å². The van der Waals surface area contributed by atoms with Gasteiger partial charge in [0.1, 0.15) is 0 Å². The van der Waals surface area contributed by atoms with Gasteiger partial charge in [-0.15, -0.1) is 0 Å². The molecule has 1 aromatic rings. The first-order valence-electron chi connectivity index (χ1n) is 5.71. The normalized spacial score (nSPS) is 17.6. The first kappa shape index (κ1) is 12.5. The van der Waals surface area contributed by atoms with Crippen LogP contribution in [-0.4, -0.2) is 24.9 Å². The van der Waals surface area contributed by atoms with Crippen LogP contribution < -0.4 is 9.47 Å². The predicted molar refractivity (Wildman–Crippen MR) is 67.0 cm³/mol. The number of aliphatic hydroxyl groups is 1. The van der Waals surface area contributed by atoms with Gasteiger partial charge in [0.15, 0.2) is 11.5 Å². The average Bonchev–Trinajstić information content (AvgIpc) is 2.39. The molecule has 0 bridgehead atoms. The van der Waals surface area contributed by atoms with E-state index in [2.05, 4.69) is 13.8 Å². The number of halogens is 1. The van der Waals surface area contributed by atoms with Crippen LogP contribution in [0.1, 0.15) is 19.4 Å². The van der Waals surface area contributed by atoms with Crippen LogP contribution in [0.4, 0.5) is 0 Å².